The van der Waals surface area contributed by atoms with Crippen LogP contribution in [0.5, 0.6) is 0 Å². The third kappa shape index (κ3) is 3.39. The molecule has 1 fully saturated rings. The molecule has 1 saturated heterocycles. The number of ether oxygens (including phenoxy) is 1. The van der Waals surface area contributed by atoms with Gasteiger partial charge < -0.3 is 15.4 Å². The van der Waals surface area contributed by atoms with Crippen molar-refractivity contribution >= 4 is 34.7 Å². The van der Waals surface area contributed by atoms with E-state index in [2.05, 4.69) is 28.6 Å². The summed E-state index contributed by atoms with van der Waals surface area (Å²) in [6.07, 6.45) is 4.55. The van der Waals surface area contributed by atoms with E-state index in [0.717, 1.165) is 35.8 Å². The lowest BCUT2D eigenvalue weighted by Crippen LogP contribution is -2.49. The molecule has 2 aromatic rings. The molecule has 1 amide bonds. The van der Waals surface area contributed by atoms with Crippen LogP contribution in [0, 0.1) is 0 Å². The molecule has 0 aromatic carbocycles. The fraction of sp³-hybridized carbons (Fsp3) is 0.474. The fourth-order valence-electron chi connectivity index (χ4n) is 4.14. The Labute approximate surface area is 162 Å². The number of aromatic nitrogens is 1. The van der Waals surface area contributed by atoms with E-state index in [0.29, 0.717) is 11.9 Å². The van der Waals surface area contributed by atoms with Crippen LogP contribution in [0.25, 0.3) is 0 Å². The van der Waals surface area contributed by atoms with E-state index in [4.69, 9.17) is 16.3 Å². The first-order valence-corrected chi connectivity index (χ1v) is 10.1. The number of nitrogens with one attached hydrogen (secondary N) is 2. The van der Waals surface area contributed by atoms with Gasteiger partial charge in [-0.2, -0.15) is 0 Å². The maximum Gasteiger partial charge on any atom is 0.222 e. The minimum absolute atomic E-state index is 0.119. The Kier molecular flexibility index (Phi) is 4.77. The van der Waals surface area contributed by atoms with Gasteiger partial charge in [0.15, 0.2) is 0 Å². The highest BCUT2D eigenvalue weighted by atomic mass is 35.5. The number of fused-ring (bicyclic) bond motifs is 2. The predicted molar refractivity (Wildman–Crippen MR) is 104 cm³/mol. The lowest BCUT2D eigenvalue weighted by atomic mass is 9.78. The average molecular weight is 392 g/mol. The molecule has 1 spiro atoms. The Balaban J connectivity index is 1.62. The molecular formula is C19H22ClN3O2S. The molecule has 4 rings (SSSR count). The maximum atomic E-state index is 11.2. The van der Waals surface area contributed by atoms with Crippen LogP contribution >= 0.6 is 22.9 Å². The van der Waals surface area contributed by atoms with E-state index in [1.807, 2.05) is 18.3 Å². The number of carbonyl (C=O) groups excluding carboxylic acids is 1. The number of anilines is 1. The summed E-state index contributed by atoms with van der Waals surface area (Å²) in [4.78, 5) is 16.8. The van der Waals surface area contributed by atoms with Gasteiger partial charge in [0.05, 0.1) is 10.9 Å². The van der Waals surface area contributed by atoms with Crippen molar-refractivity contribution in [3.63, 3.8) is 0 Å². The molecule has 138 valence electrons. The lowest BCUT2D eigenvalue weighted by Gasteiger charge is -2.46. The van der Waals surface area contributed by atoms with Crippen molar-refractivity contribution in [1.82, 2.24) is 10.3 Å². The quantitative estimate of drug-likeness (QED) is 0.811. The minimum Gasteiger partial charge on any atom is -0.369 e. The second-order valence-electron chi connectivity index (χ2n) is 7.18. The zero-order valence-corrected chi connectivity index (χ0v) is 16.4. The predicted octanol–water partition coefficient (Wildman–Crippen LogP) is 4.04. The normalized spacial score (nSPS) is 28.0. The second-order valence-corrected chi connectivity index (χ2v) is 8.87. The summed E-state index contributed by atoms with van der Waals surface area (Å²) >= 11 is 7.96. The van der Waals surface area contributed by atoms with Crippen molar-refractivity contribution in [2.75, 3.05) is 11.9 Å². The average Bonchev–Trinajstić information content (AvgIpc) is 2.97. The molecule has 2 aliphatic rings. The first-order valence-electron chi connectivity index (χ1n) is 8.87. The Morgan fingerprint density at radius 3 is 3.04 bits per heavy atom. The molecule has 0 unspecified atom stereocenters. The van der Waals surface area contributed by atoms with Crippen LogP contribution in [-0.4, -0.2) is 23.5 Å². The minimum atomic E-state index is -0.281. The lowest BCUT2D eigenvalue weighted by molar-refractivity contribution is -0.114. The van der Waals surface area contributed by atoms with Crippen LogP contribution in [0.2, 0.25) is 4.34 Å². The molecule has 0 radical (unpaired) electrons. The second kappa shape index (κ2) is 6.93. The summed E-state index contributed by atoms with van der Waals surface area (Å²) < 4.78 is 7.22. The maximum absolute atomic E-state index is 11.2. The van der Waals surface area contributed by atoms with Crippen molar-refractivity contribution in [2.45, 2.75) is 50.8 Å². The smallest absolute Gasteiger partial charge is 0.222 e. The van der Waals surface area contributed by atoms with Gasteiger partial charge in [-0.25, -0.2) is 4.98 Å². The SMILES string of the molecule is CC(=O)Nc1ccc([C@@H]2C[C@]3(C[C@H](C)N2)OCCc2cc(Cl)sc23)cn1. The zero-order valence-electron chi connectivity index (χ0n) is 14.8. The topological polar surface area (TPSA) is 63.2 Å². The van der Waals surface area contributed by atoms with Gasteiger partial charge in [0.2, 0.25) is 5.91 Å². The van der Waals surface area contributed by atoms with Gasteiger partial charge in [0, 0.05) is 36.5 Å². The van der Waals surface area contributed by atoms with Gasteiger partial charge in [0.25, 0.3) is 0 Å². The van der Waals surface area contributed by atoms with E-state index in [9.17, 15) is 4.79 Å². The molecule has 7 heteroatoms. The first-order chi connectivity index (χ1) is 12.4. The molecular weight excluding hydrogens is 370 g/mol. The standard InChI is InChI=1S/C19H22ClN3O2S/c1-11-8-19(18-13(5-6-25-19)7-16(20)26-18)9-15(22-11)14-3-4-17(21-10-14)23-12(2)24/h3-4,7,10-11,15,22H,5-6,8-9H2,1-2H3,(H,21,23,24)/t11-,15-,19-/m0/s1. The highest BCUT2D eigenvalue weighted by Gasteiger charge is 2.46. The first kappa shape index (κ1) is 17.9. The van der Waals surface area contributed by atoms with Crippen LogP contribution in [-0.2, 0) is 21.6 Å². The van der Waals surface area contributed by atoms with Crippen LogP contribution in [0.4, 0.5) is 5.82 Å². The summed E-state index contributed by atoms with van der Waals surface area (Å²) in [6.45, 7) is 4.41. The Morgan fingerprint density at radius 2 is 2.31 bits per heavy atom. The van der Waals surface area contributed by atoms with E-state index in [1.165, 1.54) is 17.4 Å². The number of rotatable bonds is 2. The van der Waals surface area contributed by atoms with Crippen molar-refractivity contribution in [3.05, 3.63) is 44.7 Å². The molecule has 26 heavy (non-hydrogen) atoms. The molecule has 0 aliphatic carbocycles. The number of halogens is 1. The Morgan fingerprint density at radius 1 is 1.46 bits per heavy atom. The zero-order chi connectivity index (χ0) is 18.3. The van der Waals surface area contributed by atoms with E-state index in [-0.39, 0.29) is 17.6 Å². The van der Waals surface area contributed by atoms with Crippen LogP contribution in [0.1, 0.15) is 48.7 Å². The summed E-state index contributed by atoms with van der Waals surface area (Å²) in [5.74, 6) is 0.451. The van der Waals surface area contributed by atoms with Crippen molar-refractivity contribution in [1.29, 1.82) is 0 Å². The molecule has 2 aromatic heterocycles. The summed E-state index contributed by atoms with van der Waals surface area (Å²) in [6, 6.07) is 6.42. The van der Waals surface area contributed by atoms with Gasteiger partial charge in [-0.1, -0.05) is 17.7 Å². The largest absolute Gasteiger partial charge is 0.369 e. The molecule has 2 aliphatic heterocycles. The van der Waals surface area contributed by atoms with Gasteiger partial charge in [-0.3, -0.25) is 4.79 Å². The Hall–Kier alpha value is -1.47. The third-order valence-corrected chi connectivity index (χ3v) is 6.58. The Bertz CT molecular complexity index is 823. The van der Waals surface area contributed by atoms with Crippen molar-refractivity contribution in [3.8, 4) is 0 Å². The molecule has 0 saturated carbocycles. The van der Waals surface area contributed by atoms with Crippen molar-refractivity contribution < 1.29 is 9.53 Å². The molecule has 0 bridgehead atoms. The number of hydrogen-bond acceptors (Lipinski definition) is 5. The number of nitrogens with zero attached hydrogens (tertiary/aromatic N) is 1. The van der Waals surface area contributed by atoms with E-state index in [1.54, 1.807) is 11.3 Å². The summed E-state index contributed by atoms with van der Waals surface area (Å²) in [5.41, 5.74) is 2.15. The van der Waals surface area contributed by atoms with E-state index >= 15 is 0 Å². The third-order valence-electron chi connectivity index (χ3n) is 5.09. The number of piperidine rings is 1. The van der Waals surface area contributed by atoms with Crippen LogP contribution < -0.4 is 10.6 Å². The molecule has 2 N–H and O–H groups in total. The van der Waals surface area contributed by atoms with Crippen molar-refractivity contribution in [2.24, 2.45) is 0 Å². The number of thiophene rings is 1. The summed E-state index contributed by atoms with van der Waals surface area (Å²) in [5, 5.41) is 6.37. The number of hydrogen-bond donors (Lipinski definition) is 2. The van der Waals surface area contributed by atoms with Gasteiger partial charge in [-0.15, -0.1) is 11.3 Å². The van der Waals surface area contributed by atoms with Crippen LogP contribution in [0.15, 0.2) is 24.4 Å². The fourth-order valence-corrected chi connectivity index (χ4v) is 5.60. The number of amides is 1. The summed E-state index contributed by atoms with van der Waals surface area (Å²) in [7, 11) is 0. The number of pyridine rings is 1. The van der Waals surface area contributed by atoms with Gasteiger partial charge in [-0.05, 0) is 43.0 Å². The van der Waals surface area contributed by atoms with Gasteiger partial charge >= 0.3 is 0 Å². The molecule has 3 atom stereocenters. The molecule has 4 heterocycles. The van der Waals surface area contributed by atoms with Crippen LogP contribution in [0.3, 0.4) is 0 Å². The highest BCUT2D eigenvalue weighted by molar-refractivity contribution is 7.16. The number of carbonyl (C=O) groups is 1. The monoisotopic (exact) mass is 391 g/mol. The highest BCUT2D eigenvalue weighted by Crippen LogP contribution is 2.49. The molecule has 5 nitrogen and oxygen atoms in total. The van der Waals surface area contributed by atoms with E-state index < -0.39 is 0 Å². The van der Waals surface area contributed by atoms with Gasteiger partial charge in [0.1, 0.15) is 11.4 Å².